The highest BCUT2D eigenvalue weighted by molar-refractivity contribution is 5.91. The number of aromatic nitrogens is 2. The van der Waals surface area contributed by atoms with Crippen LogP contribution in [0.5, 0.6) is 0 Å². The highest BCUT2D eigenvalue weighted by Crippen LogP contribution is 2.14. The SMILES string of the molecule is CCOC(=O)N1CCN(c2cnc(C(=O)N(C)Cc3ccccc3)cn2)CC1. The van der Waals surface area contributed by atoms with Crippen molar-refractivity contribution in [3.63, 3.8) is 0 Å². The van der Waals surface area contributed by atoms with E-state index in [2.05, 4.69) is 9.97 Å². The van der Waals surface area contributed by atoms with E-state index in [-0.39, 0.29) is 12.0 Å². The second-order valence-electron chi connectivity index (χ2n) is 6.58. The molecule has 0 saturated carbocycles. The molecule has 148 valence electrons. The lowest BCUT2D eigenvalue weighted by Crippen LogP contribution is -2.49. The second kappa shape index (κ2) is 9.16. The topological polar surface area (TPSA) is 78.9 Å². The minimum absolute atomic E-state index is 0.171. The first-order chi connectivity index (χ1) is 13.6. The number of amides is 2. The van der Waals surface area contributed by atoms with Gasteiger partial charge < -0.3 is 19.4 Å². The molecule has 28 heavy (non-hydrogen) atoms. The Hall–Kier alpha value is -3.16. The van der Waals surface area contributed by atoms with E-state index in [9.17, 15) is 9.59 Å². The average molecular weight is 383 g/mol. The maximum Gasteiger partial charge on any atom is 0.409 e. The third-order valence-corrected chi connectivity index (χ3v) is 4.60. The number of benzene rings is 1. The van der Waals surface area contributed by atoms with E-state index in [1.807, 2.05) is 35.2 Å². The first-order valence-corrected chi connectivity index (χ1v) is 9.36. The molecule has 0 spiro atoms. The Morgan fingerprint density at radius 3 is 2.39 bits per heavy atom. The third kappa shape index (κ3) is 4.76. The summed E-state index contributed by atoms with van der Waals surface area (Å²) in [6.45, 7) is 5.12. The van der Waals surface area contributed by atoms with Crippen molar-refractivity contribution in [2.24, 2.45) is 0 Å². The molecule has 1 aliphatic rings. The molecule has 8 nitrogen and oxygen atoms in total. The minimum Gasteiger partial charge on any atom is -0.450 e. The molecular weight excluding hydrogens is 358 g/mol. The summed E-state index contributed by atoms with van der Waals surface area (Å²) >= 11 is 0. The van der Waals surface area contributed by atoms with Crippen LogP contribution in [-0.4, -0.2) is 71.6 Å². The molecule has 1 saturated heterocycles. The summed E-state index contributed by atoms with van der Waals surface area (Å²) in [5.41, 5.74) is 1.37. The quantitative estimate of drug-likeness (QED) is 0.786. The number of ether oxygens (including phenoxy) is 1. The Morgan fingerprint density at radius 2 is 1.79 bits per heavy atom. The van der Waals surface area contributed by atoms with E-state index >= 15 is 0 Å². The van der Waals surface area contributed by atoms with Crippen LogP contribution in [0.4, 0.5) is 10.6 Å². The van der Waals surface area contributed by atoms with Crippen molar-refractivity contribution in [3.8, 4) is 0 Å². The molecule has 1 aromatic heterocycles. The number of carbonyl (C=O) groups excluding carboxylic acids is 2. The standard InChI is InChI=1S/C20H25N5O3/c1-3-28-20(27)25-11-9-24(10-12-25)18-14-21-17(13-22-18)19(26)23(2)15-16-7-5-4-6-8-16/h4-8,13-14H,3,9-12,15H2,1-2H3. The van der Waals surface area contributed by atoms with Crippen molar-refractivity contribution < 1.29 is 14.3 Å². The van der Waals surface area contributed by atoms with Gasteiger partial charge in [-0.25, -0.2) is 14.8 Å². The van der Waals surface area contributed by atoms with Crippen LogP contribution in [0.3, 0.4) is 0 Å². The van der Waals surface area contributed by atoms with Gasteiger partial charge in [0.15, 0.2) is 0 Å². The zero-order chi connectivity index (χ0) is 19.9. The molecule has 8 heteroatoms. The van der Waals surface area contributed by atoms with Gasteiger partial charge in [0.25, 0.3) is 5.91 Å². The molecule has 2 heterocycles. The molecule has 0 aliphatic carbocycles. The number of nitrogens with zero attached hydrogens (tertiary/aromatic N) is 5. The fourth-order valence-corrected chi connectivity index (χ4v) is 3.05. The number of hydrogen-bond acceptors (Lipinski definition) is 6. The number of anilines is 1. The zero-order valence-corrected chi connectivity index (χ0v) is 16.2. The van der Waals surface area contributed by atoms with Crippen LogP contribution in [0, 0.1) is 0 Å². The molecule has 1 fully saturated rings. The van der Waals surface area contributed by atoms with Gasteiger partial charge in [0.05, 0.1) is 19.0 Å². The van der Waals surface area contributed by atoms with E-state index in [0.717, 1.165) is 5.56 Å². The van der Waals surface area contributed by atoms with E-state index in [4.69, 9.17) is 4.74 Å². The van der Waals surface area contributed by atoms with Crippen molar-refractivity contribution in [2.45, 2.75) is 13.5 Å². The van der Waals surface area contributed by atoms with Crippen LogP contribution in [0.15, 0.2) is 42.7 Å². The predicted octanol–water partition coefficient (Wildman–Crippen LogP) is 2.03. The van der Waals surface area contributed by atoms with Crippen LogP contribution < -0.4 is 4.90 Å². The molecule has 0 radical (unpaired) electrons. The molecular formula is C20H25N5O3. The molecule has 0 unspecified atom stereocenters. The van der Waals surface area contributed by atoms with Crippen molar-refractivity contribution in [1.82, 2.24) is 19.8 Å². The van der Waals surface area contributed by atoms with E-state index in [1.165, 1.54) is 6.20 Å². The van der Waals surface area contributed by atoms with Crippen molar-refractivity contribution in [2.75, 3.05) is 44.7 Å². The Labute approximate surface area is 164 Å². The van der Waals surface area contributed by atoms with Gasteiger partial charge in [0, 0.05) is 39.8 Å². The molecule has 3 rings (SSSR count). The third-order valence-electron chi connectivity index (χ3n) is 4.60. The number of hydrogen-bond donors (Lipinski definition) is 0. The van der Waals surface area contributed by atoms with Crippen molar-refractivity contribution >= 4 is 17.8 Å². The molecule has 2 aromatic rings. The van der Waals surface area contributed by atoms with E-state index < -0.39 is 0 Å². The Balaban J connectivity index is 1.56. The van der Waals surface area contributed by atoms with Gasteiger partial charge >= 0.3 is 6.09 Å². The molecule has 0 N–H and O–H groups in total. The van der Waals surface area contributed by atoms with E-state index in [0.29, 0.717) is 50.8 Å². The smallest absolute Gasteiger partial charge is 0.409 e. The van der Waals surface area contributed by atoms with Gasteiger partial charge in [-0.2, -0.15) is 0 Å². The summed E-state index contributed by atoms with van der Waals surface area (Å²) in [4.78, 5) is 38.4. The lowest BCUT2D eigenvalue weighted by atomic mass is 10.2. The fraction of sp³-hybridized carbons (Fsp3) is 0.400. The second-order valence-corrected chi connectivity index (χ2v) is 6.58. The molecule has 1 aliphatic heterocycles. The Morgan fingerprint density at radius 1 is 1.07 bits per heavy atom. The first-order valence-electron chi connectivity index (χ1n) is 9.36. The number of piperazine rings is 1. The zero-order valence-electron chi connectivity index (χ0n) is 16.2. The van der Waals surface area contributed by atoms with Crippen molar-refractivity contribution in [3.05, 3.63) is 54.0 Å². The lowest BCUT2D eigenvalue weighted by molar-refractivity contribution is 0.0778. The van der Waals surface area contributed by atoms with Crippen LogP contribution in [-0.2, 0) is 11.3 Å². The van der Waals surface area contributed by atoms with Gasteiger partial charge in [-0.05, 0) is 12.5 Å². The number of rotatable bonds is 5. The average Bonchev–Trinajstić information content (AvgIpc) is 2.74. The summed E-state index contributed by atoms with van der Waals surface area (Å²) in [6.07, 6.45) is 2.84. The largest absolute Gasteiger partial charge is 0.450 e. The normalized spacial score (nSPS) is 13.9. The Kier molecular flexibility index (Phi) is 6.41. The Bertz CT molecular complexity index is 789. The molecule has 1 aromatic carbocycles. The maximum atomic E-state index is 12.6. The molecule has 2 amide bonds. The van der Waals surface area contributed by atoms with Crippen LogP contribution in [0.1, 0.15) is 23.0 Å². The highest BCUT2D eigenvalue weighted by Gasteiger charge is 2.23. The molecule has 0 bridgehead atoms. The summed E-state index contributed by atoms with van der Waals surface area (Å²) in [6, 6.07) is 9.80. The first kappa shape index (κ1) is 19.6. The lowest BCUT2D eigenvalue weighted by Gasteiger charge is -2.34. The molecule has 0 atom stereocenters. The summed E-state index contributed by atoms with van der Waals surface area (Å²) in [5.74, 6) is 0.529. The van der Waals surface area contributed by atoms with Crippen molar-refractivity contribution in [1.29, 1.82) is 0 Å². The number of carbonyl (C=O) groups is 2. The van der Waals surface area contributed by atoms with Crippen LogP contribution >= 0.6 is 0 Å². The van der Waals surface area contributed by atoms with Gasteiger partial charge in [-0.3, -0.25) is 4.79 Å². The van der Waals surface area contributed by atoms with Gasteiger partial charge in [0.2, 0.25) is 0 Å². The highest BCUT2D eigenvalue weighted by atomic mass is 16.6. The summed E-state index contributed by atoms with van der Waals surface area (Å²) in [7, 11) is 1.75. The van der Waals surface area contributed by atoms with E-state index in [1.54, 1.807) is 30.0 Å². The van der Waals surface area contributed by atoms with Crippen LogP contribution in [0.25, 0.3) is 0 Å². The van der Waals surface area contributed by atoms with Gasteiger partial charge in [0.1, 0.15) is 11.5 Å². The summed E-state index contributed by atoms with van der Waals surface area (Å²) < 4.78 is 5.03. The predicted molar refractivity (Wildman–Crippen MR) is 105 cm³/mol. The van der Waals surface area contributed by atoms with Gasteiger partial charge in [-0.1, -0.05) is 30.3 Å². The van der Waals surface area contributed by atoms with Gasteiger partial charge in [-0.15, -0.1) is 0 Å². The maximum absolute atomic E-state index is 12.6. The minimum atomic E-state index is -0.282. The fourth-order valence-electron chi connectivity index (χ4n) is 3.05. The summed E-state index contributed by atoms with van der Waals surface area (Å²) in [5, 5.41) is 0. The monoisotopic (exact) mass is 383 g/mol. The van der Waals surface area contributed by atoms with Crippen LogP contribution in [0.2, 0.25) is 0 Å².